The van der Waals surface area contributed by atoms with Crippen molar-refractivity contribution in [3.8, 4) is 34.4 Å². The predicted octanol–water partition coefficient (Wildman–Crippen LogP) is 3.68. The highest BCUT2D eigenvalue weighted by Gasteiger charge is 2.16. The molecule has 0 aliphatic rings. The molecule has 7 nitrogen and oxygen atoms in total. The van der Waals surface area contributed by atoms with Crippen LogP contribution in [0.15, 0.2) is 75.0 Å². The maximum absolute atomic E-state index is 12.3. The first-order valence-electron chi connectivity index (χ1n) is 8.41. The topological polar surface area (TPSA) is 83.0 Å². The van der Waals surface area contributed by atoms with Gasteiger partial charge in [-0.3, -0.25) is 4.79 Å². The van der Waals surface area contributed by atoms with Gasteiger partial charge in [-0.15, -0.1) is 11.8 Å². The van der Waals surface area contributed by atoms with Crippen LogP contribution in [-0.4, -0.2) is 33.3 Å². The van der Waals surface area contributed by atoms with Crippen LogP contribution in [0.3, 0.4) is 0 Å². The fourth-order valence-electron chi connectivity index (χ4n) is 2.63. The molecule has 2 aromatic carbocycles. The Kier molecular flexibility index (Phi) is 4.94. The number of hydrogen-bond acceptors (Lipinski definition) is 7. The van der Waals surface area contributed by atoms with Gasteiger partial charge in [-0.2, -0.15) is 10.1 Å². The average molecular weight is 392 g/mol. The molecule has 8 heteroatoms. The second-order valence-electron chi connectivity index (χ2n) is 5.83. The van der Waals surface area contributed by atoms with Crippen LogP contribution in [-0.2, 0) is 0 Å². The summed E-state index contributed by atoms with van der Waals surface area (Å²) in [6.45, 7) is 0. The molecule has 0 saturated carbocycles. The molecule has 0 N–H and O–H groups in total. The second-order valence-corrected chi connectivity index (χ2v) is 6.71. The van der Waals surface area contributed by atoms with Crippen LogP contribution in [0.2, 0.25) is 0 Å². The molecule has 0 atom stereocenters. The van der Waals surface area contributed by atoms with Crippen molar-refractivity contribution in [2.24, 2.45) is 0 Å². The van der Waals surface area contributed by atoms with Gasteiger partial charge in [0.2, 0.25) is 11.3 Å². The minimum absolute atomic E-state index is 0.0752. The maximum atomic E-state index is 12.3. The minimum atomic E-state index is -0.299. The Bertz CT molecular complexity index is 1170. The molecule has 28 heavy (non-hydrogen) atoms. The number of hydrogen-bond donors (Lipinski definition) is 0. The molecular formula is C20H16N4O3S. The third-order valence-corrected chi connectivity index (χ3v) is 4.85. The lowest BCUT2D eigenvalue weighted by atomic mass is 10.2. The summed E-state index contributed by atoms with van der Waals surface area (Å²) in [5, 5.41) is 8.36. The molecule has 140 valence electrons. The van der Waals surface area contributed by atoms with Crippen molar-refractivity contribution in [3.05, 3.63) is 71.0 Å². The average Bonchev–Trinajstić information content (AvgIpc) is 3.24. The maximum Gasteiger partial charge on any atom is 0.282 e. The van der Waals surface area contributed by atoms with E-state index in [0.29, 0.717) is 11.6 Å². The molecule has 0 spiro atoms. The predicted molar refractivity (Wildman–Crippen MR) is 107 cm³/mol. The van der Waals surface area contributed by atoms with Crippen molar-refractivity contribution in [2.45, 2.75) is 4.90 Å². The Balaban J connectivity index is 1.71. The van der Waals surface area contributed by atoms with E-state index in [4.69, 9.17) is 9.26 Å². The van der Waals surface area contributed by atoms with E-state index in [-0.39, 0.29) is 17.0 Å². The number of benzene rings is 2. The Labute approximate surface area is 165 Å². The van der Waals surface area contributed by atoms with Crippen molar-refractivity contribution < 1.29 is 9.26 Å². The summed E-state index contributed by atoms with van der Waals surface area (Å²) in [4.78, 5) is 17.8. The number of thioether (sulfide) groups is 1. The lowest BCUT2D eigenvalue weighted by Gasteiger charge is -2.07. The molecule has 0 amide bonds. The van der Waals surface area contributed by atoms with E-state index in [1.54, 1.807) is 29.8 Å². The van der Waals surface area contributed by atoms with Crippen LogP contribution in [0, 0.1) is 0 Å². The lowest BCUT2D eigenvalue weighted by Crippen LogP contribution is -2.12. The SMILES string of the molecule is COc1cccc(-n2ccc(=O)c(-c3nc(-c4ccc(SC)cc4)no3)n2)c1. The third kappa shape index (κ3) is 3.54. The monoisotopic (exact) mass is 392 g/mol. The van der Waals surface area contributed by atoms with Crippen molar-refractivity contribution in [3.63, 3.8) is 0 Å². The van der Waals surface area contributed by atoms with Crippen molar-refractivity contribution in [1.29, 1.82) is 0 Å². The first kappa shape index (κ1) is 18.0. The molecule has 0 aliphatic carbocycles. The molecule has 0 aliphatic heterocycles. The van der Waals surface area contributed by atoms with Gasteiger partial charge in [-0.25, -0.2) is 4.68 Å². The first-order valence-corrected chi connectivity index (χ1v) is 9.63. The summed E-state index contributed by atoms with van der Waals surface area (Å²) in [5.74, 6) is 1.17. The fraction of sp³-hybridized carbons (Fsp3) is 0.100. The fourth-order valence-corrected chi connectivity index (χ4v) is 3.04. The smallest absolute Gasteiger partial charge is 0.282 e. The van der Waals surface area contributed by atoms with E-state index in [1.807, 2.05) is 54.8 Å². The summed E-state index contributed by atoms with van der Waals surface area (Å²) in [6.07, 6.45) is 3.59. The Hall–Kier alpha value is -3.39. The van der Waals surface area contributed by atoms with Crippen LogP contribution >= 0.6 is 11.8 Å². The zero-order valence-electron chi connectivity index (χ0n) is 15.2. The van der Waals surface area contributed by atoms with E-state index in [9.17, 15) is 4.79 Å². The number of ether oxygens (including phenoxy) is 1. The standard InChI is InChI=1S/C20H16N4O3S/c1-26-15-5-3-4-14(12-15)24-11-10-17(25)18(22-24)20-21-19(23-27-20)13-6-8-16(28-2)9-7-13/h3-12H,1-2H3. The van der Waals surface area contributed by atoms with Gasteiger partial charge in [0.15, 0.2) is 5.69 Å². The molecular weight excluding hydrogens is 376 g/mol. The van der Waals surface area contributed by atoms with Gasteiger partial charge in [-0.1, -0.05) is 11.2 Å². The summed E-state index contributed by atoms with van der Waals surface area (Å²) in [6, 6.07) is 16.5. The quantitative estimate of drug-likeness (QED) is 0.479. The molecule has 4 rings (SSSR count). The van der Waals surface area contributed by atoms with Crippen molar-refractivity contribution in [1.82, 2.24) is 19.9 Å². The van der Waals surface area contributed by atoms with Gasteiger partial charge in [0, 0.05) is 28.8 Å². The molecule has 4 aromatic rings. The van der Waals surface area contributed by atoms with E-state index in [0.717, 1.165) is 16.1 Å². The molecule has 0 bridgehead atoms. The molecule has 0 radical (unpaired) electrons. The van der Waals surface area contributed by atoms with Crippen LogP contribution < -0.4 is 10.2 Å². The van der Waals surface area contributed by atoms with Crippen molar-refractivity contribution in [2.75, 3.05) is 13.4 Å². The van der Waals surface area contributed by atoms with E-state index in [2.05, 4.69) is 15.2 Å². The van der Waals surface area contributed by atoms with E-state index in [1.165, 1.54) is 6.07 Å². The van der Waals surface area contributed by atoms with Gasteiger partial charge >= 0.3 is 0 Å². The highest BCUT2D eigenvalue weighted by molar-refractivity contribution is 7.98. The first-order chi connectivity index (χ1) is 13.7. The Morgan fingerprint density at radius 2 is 1.93 bits per heavy atom. The van der Waals surface area contributed by atoms with Gasteiger partial charge in [0.1, 0.15) is 5.75 Å². The number of methoxy groups -OCH3 is 1. The largest absolute Gasteiger partial charge is 0.497 e. The van der Waals surface area contributed by atoms with Crippen LogP contribution in [0.5, 0.6) is 5.75 Å². The Morgan fingerprint density at radius 1 is 1.11 bits per heavy atom. The number of rotatable bonds is 5. The summed E-state index contributed by atoms with van der Waals surface area (Å²) in [7, 11) is 1.59. The molecule has 0 saturated heterocycles. The normalized spacial score (nSPS) is 10.8. The Morgan fingerprint density at radius 3 is 2.68 bits per heavy atom. The van der Waals surface area contributed by atoms with Gasteiger partial charge < -0.3 is 9.26 Å². The molecule has 0 unspecified atom stereocenters. The lowest BCUT2D eigenvalue weighted by molar-refractivity contribution is 0.414. The van der Waals surface area contributed by atoms with Crippen molar-refractivity contribution >= 4 is 11.8 Å². The van der Waals surface area contributed by atoms with Gasteiger partial charge in [0.25, 0.3) is 5.89 Å². The molecule has 2 heterocycles. The van der Waals surface area contributed by atoms with E-state index < -0.39 is 0 Å². The number of aromatic nitrogens is 4. The third-order valence-electron chi connectivity index (χ3n) is 4.10. The zero-order chi connectivity index (χ0) is 19.5. The number of nitrogens with zero attached hydrogens (tertiary/aromatic N) is 4. The molecule has 0 fully saturated rings. The molecule has 2 aromatic heterocycles. The van der Waals surface area contributed by atoms with Gasteiger partial charge in [0.05, 0.1) is 12.8 Å². The van der Waals surface area contributed by atoms with Gasteiger partial charge in [-0.05, 0) is 42.7 Å². The summed E-state index contributed by atoms with van der Waals surface area (Å²) >= 11 is 1.65. The second kappa shape index (κ2) is 7.69. The van der Waals surface area contributed by atoms with Crippen LogP contribution in [0.1, 0.15) is 0 Å². The van der Waals surface area contributed by atoms with E-state index >= 15 is 0 Å². The minimum Gasteiger partial charge on any atom is -0.497 e. The summed E-state index contributed by atoms with van der Waals surface area (Å²) in [5.41, 5.74) is 1.33. The zero-order valence-corrected chi connectivity index (χ0v) is 16.0. The highest BCUT2D eigenvalue weighted by Crippen LogP contribution is 2.23. The van der Waals surface area contributed by atoms with Crippen LogP contribution in [0.25, 0.3) is 28.7 Å². The highest BCUT2D eigenvalue weighted by atomic mass is 32.2. The van der Waals surface area contributed by atoms with Crippen LogP contribution in [0.4, 0.5) is 0 Å². The summed E-state index contributed by atoms with van der Waals surface area (Å²) < 4.78 is 12.1.